The molecule has 33 heavy (non-hydrogen) atoms. The molecule has 3 aromatic heterocycles. The Bertz CT molecular complexity index is 1200. The molecule has 0 atom stereocenters. The smallest absolute Gasteiger partial charge is 0.287 e. The highest BCUT2D eigenvalue weighted by atomic mass is 16.3. The number of amides is 1. The Labute approximate surface area is 193 Å². The molecule has 4 heterocycles. The van der Waals surface area contributed by atoms with Crippen LogP contribution in [-0.2, 0) is 13.0 Å². The zero-order valence-electron chi connectivity index (χ0n) is 18.5. The van der Waals surface area contributed by atoms with Crippen LogP contribution in [0.2, 0.25) is 0 Å². The van der Waals surface area contributed by atoms with Crippen molar-refractivity contribution < 1.29 is 9.21 Å². The summed E-state index contributed by atoms with van der Waals surface area (Å²) in [5, 5.41) is 3.85. The second-order valence-corrected chi connectivity index (χ2v) is 8.25. The summed E-state index contributed by atoms with van der Waals surface area (Å²) in [7, 11) is 0. The van der Waals surface area contributed by atoms with E-state index < -0.39 is 0 Å². The molecule has 1 aromatic carbocycles. The number of furan rings is 1. The Balaban J connectivity index is 1.22. The second-order valence-electron chi connectivity index (χ2n) is 8.25. The van der Waals surface area contributed by atoms with Crippen molar-refractivity contribution in [3.8, 4) is 0 Å². The van der Waals surface area contributed by atoms with Crippen LogP contribution >= 0.6 is 0 Å². The predicted octanol–water partition coefficient (Wildman–Crippen LogP) is 3.52. The van der Waals surface area contributed by atoms with E-state index in [-0.39, 0.29) is 5.91 Å². The number of carbonyl (C=O) groups excluding carboxylic acids is 1. The standard InChI is InChI=1S/C26H27N5O2/c32-26(29-19-20-5-4-10-27-18-20)24-17-21-6-3-8-23(25(21)33-24)31-15-13-30(14-16-31)12-9-22-7-1-2-11-28-22/h1-8,10-11,17-18H,9,12-16,19H2,(H,29,32). The number of fused-ring (bicyclic) bond motifs is 1. The molecule has 1 fully saturated rings. The third-order valence-corrected chi connectivity index (χ3v) is 6.05. The maximum atomic E-state index is 12.7. The molecule has 5 rings (SSSR count). The largest absolute Gasteiger partial charge is 0.449 e. The highest BCUT2D eigenvalue weighted by Gasteiger charge is 2.21. The number of aromatic nitrogens is 2. The lowest BCUT2D eigenvalue weighted by atomic mass is 10.2. The van der Waals surface area contributed by atoms with E-state index >= 15 is 0 Å². The first-order chi connectivity index (χ1) is 16.3. The molecule has 0 radical (unpaired) electrons. The highest BCUT2D eigenvalue weighted by Crippen LogP contribution is 2.30. The monoisotopic (exact) mass is 441 g/mol. The molecule has 0 bridgehead atoms. The van der Waals surface area contributed by atoms with E-state index in [0.717, 1.165) is 67.1 Å². The number of piperazine rings is 1. The van der Waals surface area contributed by atoms with Gasteiger partial charge in [-0.25, -0.2) is 0 Å². The van der Waals surface area contributed by atoms with Crippen molar-refractivity contribution in [3.05, 3.63) is 90.2 Å². The summed E-state index contributed by atoms with van der Waals surface area (Å²) >= 11 is 0. The fraction of sp³-hybridized carbons (Fsp3) is 0.269. The molecule has 1 N–H and O–H groups in total. The zero-order chi connectivity index (χ0) is 22.5. The fourth-order valence-electron chi connectivity index (χ4n) is 4.21. The molecule has 0 aliphatic carbocycles. The van der Waals surface area contributed by atoms with Crippen LogP contribution in [0, 0.1) is 0 Å². The van der Waals surface area contributed by atoms with E-state index in [2.05, 4.69) is 37.2 Å². The summed E-state index contributed by atoms with van der Waals surface area (Å²) in [6.45, 7) is 5.24. The Morgan fingerprint density at radius 1 is 1.00 bits per heavy atom. The molecule has 7 heteroatoms. The molecule has 1 amide bonds. The zero-order valence-corrected chi connectivity index (χ0v) is 18.5. The van der Waals surface area contributed by atoms with Gasteiger partial charge in [-0.15, -0.1) is 0 Å². The maximum absolute atomic E-state index is 12.7. The number of rotatable bonds is 7. The summed E-state index contributed by atoms with van der Waals surface area (Å²) in [6, 6.07) is 17.8. The topological polar surface area (TPSA) is 74.5 Å². The van der Waals surface area contributed by atoms with Gasteiger partial charge in [0.05, 0.1) is 5.69 Å². The number of hydrogen-bond donors (Lipinski definition) is 1. The van der Waals surface area contributed by atoms with Gasteiger partial charge in [0, 0.05) is 75.4 Å². The summed E-state index contributed by atoms with van der Waals surface area (Å²) < 4.78 is 6.04. The molecule has 1 aliphatic heterocycles. The first kappa shape index (κ1) is 21.2. The van der Waals surface area contributed by atoms with Crippen LogP contribution in [0.5, 0.6) is 0 Å². The van der Waals surface area contributed by atoms with Crippen LogP contribution in [0.3, 0.4) is 0 Å². The third kappa shape index (κ3) is 5.04. The molecule has 168 valence electrons. The SMILES string of the molecule is O=C(NCc1cccnc1)c1cc2cccc(N3CCN(CCc4ccccn4)CC3)c2o1. The molecule has 1 aliphatic rings. The van der Waals surface area contributed by atoms with Crippen LogP contribution in [0.1, 0.15) is 21.8 Å². The minimum atomic E-state index is -0.222. The van der Waals surface area contributed by atoms with E-state index in [0.29, 0.717) is 12.3 Å². The van der Waals surface area contributed by atoms with Crippen molar-refractivity contribution in [1.82, 2.24) is 20.2 Å². The van der Waals surface area contributed by atoms with Crippen LogP contribution in [0.25, 0.3) is 11.0 Å². The Morgan fingerprint density at radius 2 is 1.91 bits per heavy atom. The van der Waals surface area contributed by atoms with Gasteiger partial charge in [-0.2, -0.15) is 0 Å². The van der Waals surface area contributed by atoms with Gasteiger partial charge in [0.2, 0.25) is 0 Å². The van der Waals surface area contributed by atoms with Crippen LogP contribution in [0.15, 0.2) is 77.6 Å². The molecule has 4 aromatic rings. The number of nitrogens with one attached hydrogen (secondary N) is 1. The molecule has 7 nitrogen and oxygen atoms in total. The summed E-state index contributed by atoms with van der Waals surface area (Å²) in [5.74, 6) is 0.107. The minimum Gasteiger partial charge on any atom is -0.449 e. The molecule has 0 saturated carbocycles. The number of carbonyl (C=O) groups is 1. The van der Waals surface area contributed by atoms with Gasteiger partial charge in [-0.3, -0.25) is 19.7 Å². The summed E-state index contributed by atoms with van der Waals surface area (Å²) in [6.07, 6.45) is 6.27. The number of nitrogens with zero attached hydrogens (tertiary/aromatic N) is 4. The average molecular weight is 442 g/mol. The molecular formula is C26H27N5O2. The highest BCUT2D eigenvalue weighted by molar-refractivity contribution is 5.99. The van der Waals surface area contributed by atoms with Crippen LogP contribution in [0.4, 0.5) is 5.69 Å². The normalized spacial score (nSPS) is 14.5. The molecule has 0 unspecified atom stereocenters. The molecular weight excluding hydrogens is 414 g/mol. The summed E-state index contributed by atoms with van der Waals surface area (Å²) in [4.78, 5) is 26.0. The van der Waals surface area contributed by atoms with Crippen LogP contribution < -0.4 is 10.2 Å². The predicted molar refractivity (Wildman–Crippen MR) is 128 cm³/mol. The lowest BCUT2D eigenvalue weighted by Crippen LogP contribution is -2.47. The summed E-state index contributed by atoms with van der Waals surface area (Å²) in [5.41, 5.74) is 3.90. The van der Waals surface area contributed by atoms with Gasteiger partial charge in [0.1, 0.15) is 0 Å². The lowest BCUT2D eigenvalue weighted by Gasteiger charge is -2.36. The van der Waals surface area contributed by atoms with Crippen molar-refractivity contribution >= 4 is 22.6 Å². The Morgan fingerprint density at radius 3 is 2.70 bits per heavy atom. The van der Waals surface area contributed by atoms with Crippen molar-refractivity contribution in [2.24, 2.45) is 0 Å². The van der Waals surface area contributed by atoms with Gasteiger partial charge in [0.25, 0.3) is 5.91 Å². The number of benzene rings is 1. The van der Waals surface area contributed by atoms with Crippen molar-refractivity contribution in [2.75, 3.05) is 37.6 Å². The maximum Gasteiger partial charge on any atom is 0.287 e. The van der Waals surface area contributed by atoms with Crippen molar-refractivity contribution in [1.29, 1.82) is 0 Å². The Hall–Kier alpha value is -3.71. The van der Waals surface area contributed by atoms with Crippen LogP contribution in [-0.4, -0.2) is 53.5 Å². The van der Waals surface area contributed by atoms with Gasteiger partial charge in [-0.1, -0.05) is 24.3 Å². The number of para-hydroxylation sites is 1. The number of hydrogen-bond acceptors (Lipinski definition) is 6. The minimum absolute atomic E-state index is 0.222. The molecule has 0 spiro atoms. The van der Waals surface area contributed by atoms with E-state index in [9.17, 15) is 4.79 Å². The average Bonchev–Trinajstić information content (AvgIpc) is 3.32. The van der Waals surface area contributed by atoms with Gasteiger partial charge >= 0.3 is 0 Å². The van der Waals surface area contributed by atoms with E-state index in [4.69, 9.17) is 4.42 Å². The van der Waals surface area contributed by atoms with Gasteiger partial charge < -0.3 is 14.6 Å². The van der Waals surface area contributed by atoms with E-state index in [1.165, 1.54) is 0 Å². The first-order valence-corrected chi connectivity index (χ1v) is 11.3. The lowest BCUT2D eigenvalue weighted by molar-refractivity contribution is 0.0925. The van der Waals surface area contributed by atoms with Gasteiger partial charge in [0.15, 0.2) is 11.3 Å². The third-order valence-electron chi connectivity index (χ3n) is 6.05. The number of pyridine rings is 2. The van der Waals surface area contributed by atoms with E-state index in [1.54, 1.807) is 12.4 Å². The first-order valence-electron chi connectivity index (χ1n) is 11.3. The quantitative estimate of drug-likeness (QED) is 0.473. The van der Waals surface area contributed by atoms with Gasteiger partial charge in [-0.05, 0) is 35.9 Å². The fourth-order valence-corrected chi connectivity index (χ4v) is 4.21. The van der Waals surface area contributed by atoms with Crippen molar-refractivity contribution in [2.45, 2.75) is 13.0 Å². The Kier molecular flexibility index (Phi) is 6.30. The van der Waals surface area contributed by atoms with Crippen molar-refractivity contribution in [3.63, 3.8) is 0 Å². The molecule has 1 saturated heterocycles. The van der Waals surface area contributed by atoms with E-state index in [1.807, 2.05) is 48.7 Å². The number of anilines is 1. The second kappa shape index (κ2) is 9.83.